The number of rotatable bonds is 3. The van der Waals surface area contributed by atoms with Crippen molar-refractivity contribution >= 4 is 40.0 Å². The van der Waals surface area contributed by atoms with Gasteiger partial charge in [-0.1, -0.05) is 23.2 Å². The zero-order valence-electron chi connectivity index (χ0n) is 9.84. The molecule has 3 nitrogen and oxygen atoms in total. The average molecular weight is 283 g/mol. The van der Waals surface area contributed by atoms with Crippen molar-refractivity contribution in [3.8, 4) is 0 Å². The SMILES string of the molecule is Cc1cc(Cl)c2cc(Cl)cc(CCC(N)=O)c2n1. The fourth-order valence-corrected chi connectivity index (χ4v) is 2.43. The molecule has 0 fully saturated rings. The summed E-state index contributed by atoms with van der Waals surface area (Å²) < 4.78 is 0. The maximum atomic E-state index is 10.9. The van der Waals surface area contributed by atoms with Gasteiger partial charge in [-0.2, -0.15) is 0 Å². The van der Waals surface area contributed by atoms with E-state index in [4.69, 9.17) is 28.9 Å². The number of aryl methyl sites for hydroxylation is 2. The van der Waals surface area contributed by atoms with Gasteiger partial charge in [0.05, 0.1) is 10.5 Å². The number of pyridine rings is 1. The lowest BCUT2D eigenvalue weighted by Gasteiger charge is -2.08. The summed E-state index contributed by atoms with van der Waals surface area (Å²) in [6.07, 6.45) is 0.780. The van der Waals surface area contributed by atoms with Crippen LogP contribution in [0, 0.1) is 6.92 Å². The van der Waals surface area contributed by atoms with E-state index < -0.39 is 0 Å². The molecule has 0 saturated carbocycles. The molecule has 1 heterocycles. The van der Waals surface area contributed by atoms with Gasteiger partial charge in [0.1, 0.15) is 0 Å². The summed E-state index contributed by atoms with van der Waals surface area (Å²) in [6, 6.07) is 5.37. The molecule has 18 heavy (non-hydrogen) atoms. The maximum Gasteiger partial charge on any atom is 0.217 e. The van der Waals surface area contributed by atoms with Gasteiger partial charge >= 0.3 is 0 Å². The molecule has 0 aliphatic heterocycles. The van der Waals surface area contributed by atoms with E-state index in [1.54, 1.807) is 18.2 Å². The molecule has 0 bridgehead atoms. The lowest BCUT2D eigenvalue weighted by molar-refractivity contribution is -0.117. The molecule has 0 atom stereocenters. The molecule has 94 valence electrons. The molecule has 1 aromatic heterocycles. The Kier molecular flexibility index (Phi) is 3.73. The summed E-state index contributed by atoms with van der Waals surface area (Å²) in [5, 5.41) is 1.99. The number of hydrogen-bond acceptors (Lipinski definition) is 2. The average Bonchev–Trinajstić information content (AvgIpc) is 2.27. The van der Waals surface area contributed by atoms with Gasteiger partial charge in [0.25, 0.3) is 0 Å². The minimum atomic E-state index is -0.345. The Bertz CT molecular complexity index is 626. The van der Waals surface area contributed by atoms with Crippen LogP contribution in [0.15, 0.2) is 18.2 Å². The molecule has 0 aliphatic rings. The van der Waals surface area contributed by atoms with Gasteiger partial charge in [0.15, 0.2) is 0 Å². The second kappa shape index (κ2) is 5.12. The lowest BCUT2D eigenvalue weighted by Crippen LogP contribution is -2.11. The molecule has 0 unspecified atom stereocenters. The summed E-state index contributed by atoms with van der Waals surface area (Å²) >= 11 is 12.2. The Morgan fingerprint density at radius 2 is 2.06 bits per heavy atom. The topological polar surface area (TPSA) is 56.0 Å². The van der Waals surface area contributed by atoms with E-state index in [1.165, 1.54) is 0 Å². The van der Waals surface area contributed by atoms with Crippen LogP contribution in [0.4, 0.5) is 0 Å². The van der Waals surface area contributed by atoms with Crippen molar-refractivity contribution in [3.05, 3.63) is 39.5 Å². The highest BCUT2D eigenvalue weighted by Crippen LogP contribution is 2.29. The van der Waals surface area contributed by atoms with Crippen LogP contribution in [0.3, 0.4) is 0 Å². The smallest absolute Gasteiger partial charge is 0.217 e. The minimum absolute atomic E-state index is 0.267. The van der Waals surface area contributed by atoms with E-state index in [-0.39, 0.29) is 12.3 Å². The molecule has 5 heteroatoms. The molecule has 2 aromatic rings. The highest BCUT2D eigenvalue weighted by molar-refractivity contribution is 6.36. The van der Waals surface area contributed by atoms with Crippen molar-refractivity contribution < 1.29 is 4.79 Å². The number of primary amides is 1. The van der Waals surface area contributed by atoms with E-state index in [0.29, 0.717) is 16.5 Å². The van der Waals surface area contributed by atoms with E-state index in [2.05, 4.69) is 4.98 Å². The zero-order valence-corrected chi connectivity index (χ0v) is 11.3. The first-order valence-corrected chi connectivity index (χ1v) is 6.26. The summed E-state index contributed by atoms with van der Waals surface area (Å²) in [5.74, 6) is -0.345. The van der Waals surface area contributed by atoms with Crippen LogP contribution >= 0.6 is 23.2 Å². The van der Waals surface area contributed by atoms with Crippen molar-refractivity contribution in [1.29, 1.82) is 0 Å². The van der Waals surface area contributed by atoms with Crippen molar-refractivity contribution in [1.82, 2.24) is 4.98 Å². The molecule has 0 radical (unpaired) electrons. The highest BCUT2D eigenvalue weighted by atomic mass is 35.5. The third-order valence-electron chi connectivity index (χ3n) is 2.68. The van der Waals surface area contributed by atoms with Gasteiger partial charge in [0.2, 0.25) is 5.91 Å². The number of benzene rings is 1. The van der Waals surface area contributed by atoms with Crippen LogP contribution in [0.2, 0.25) is 10.0 Å². The Labute approximate surface area is 115 Å². The Balaban J connectivity index is 2.60. The molecular formula is C13H12Cl2N2O. The number of nitrogens with zero attached hydrogens (tertiary/aromatic N) is 1. The Morgan fingerprint density at radius 1 is 1.33 bits per heavy atom. The zero-order chi connectivity index (χ0) is 13.3. The summed E-state index contributed by atoms with van der Waals surface area (Å²) in [7, 11) is 0. The molecule has 1 aromatic carbocycles. The third kappa shape index (κ3) is 2.74. The van der Waals surface area contributed by atoms with E-state index >= 15 is 0 Å². The van der Waals surface area contributed by atoms with E-state index in [1.807, 2.05) is 6.92 Å². The van der Waals surface area contributed by atoms with Gasteiger partial charge in [-0.3, -0.25) is 9.78 Å². The lowest BCUT2D eigenvalue weighted by atomic mass is 10.0. The number of carbonyl (C=O) groups is 1. The van der Waals surface area contributed by atoms with Crippen molar-refractivity contribution in [2.75, 3.05) is 0 Å². The quantitative estimate of drug-likeness (QED) is 0.939. The number of hydrogen-bond donors (Lipinski definition) is 1. The maximum absolute atomic E-state index is 10.9. The molecule has 0 saturated heterocycles. The van der Waals surface area contributed by atoms with E-state index in [0.717, 1.165) is 22.2 Å². The summed E-state index contributed by atoms with van der Waals surface area (Å²) in [4.78, 5) is 15.3. The minimum Gasteiger partial charge on any atom is -0.370 e. The van der Waals surface area contributed by atoms with Gasteiger partial charge in [-0.15, -0.1) is 0 Å². The summed E-state index contributed by atoms with van der Waals surface area (Å²) in [5.41, 5.74) is 7.67. The second-order valence-corrected chi connectivity index (χ2v) is 5.02. The van der Waals surface area contributed by atoms with Crippen molar-refractivity contribution in [2.24, 2.45) is 5.73 Å². The van der Waals surface area contributed by atoms with Crippen LogP contribution in [-0.4, -0.2) is 10.9 Å². The Hall–Kier alpha value is -1.32. The first-order valence-electron chi connectivity index (χ1n) is 5.51. The third-order valence-corrected chi connectivity index (χ3v) is 3.21. The molecule has 0 spiro atoms. The highest BCUT2D eigenvalue weighted by Gasteiger charge is 2.10. The number of fused-ring (bicyclic) bond motifs is 1. The number of carbonyl (C=O) groups excluding carboxylic acids is 1. The molecule has 2 rings (SSSR count). The fraction of sp³-hybridized carbons (Fsp3) is 0.231. The van der Waals surface area contributed by atoms with Crippen molar-refractivity contribution in [3.63, 3.8) is 0 Å². The normalized spacial score (nSPS) is 10.8. The van der Waals surface area contributed by atoms with Crippen LogP contribution in [0.5, 0.6) is 0 Å². The first kappa shape index (κ1) is 13.1. The predicted octanol–water partition coefficient (Wildman–Crippen LogP) is 3.27. The van der Waals surface area contributed by atoms with Gasteiger partial charge in [-0.25, -0.2) is 0 Å². The van der Waals surface area contributed by atoms with Gasteiger partial charge < -0.3 is 5.73 Å². The largest absolute Gasteiger partial charge is 0.370 e. The molecule has 0 aliphatic carbocycles. The standard InChI is InChI=1S/C13H12Cl2N2O/c1-7-4-11(15)10-6-9(14)5-8(13(10)17-7)2-3-12(16)18/h4-6H,2-3H2,1H3,(H2,16,18). The molecule has 2 N–H and O–H groups in total. The number of nitrogens with two attached hydrogens (primary N) is 1. The van der Waals surface area contributed by atoms with Crippen LogP contribution in [0.1, 0.15) is 17.7 Å². The van der Waals surface area contributed by atoms with E-state index in [9.17, 15) is 4.79 Å². The number of halogens is 2. The summed E-state index contributed by atoms with van der Waals surface area (Å²) in [6.45, 7) is 1.87. The number of amides is 1. The monoisotopic (exact) mass is 282 g/mol. The van der Waals surface area contributed by atoms with Crippen LogP contribution in [0.25, 0.3) is 10.9 Å². The van der Waals surface area contributed by atoms with Crippen molar-refractivity contribution in [2.45, 2.75) is 19.8 Å². The predicted molar refractivity (Wildman–Crippen MR) is 74.0 cm³/mol. The number of aromatic nitrogens is 1. The van der Waals surface area contributed by atoms with Crippen LogP contribution < -0.4 is 5.73 Å². The first-order chi connectivity index (χ1) is 8.47. The Morgan fingerprint density at radius 3 is 2.72 bits per heavy atom. The van der Waals surface area contributed by atoms with Gasteiger partial charge in [0, 0.05) is 22.5 Å². The molecular weight excluding hydrogens is 271 g/mol. The van der Waals surface area contributed by atoms with Gasteiger partial charge in [-0.05, 0) is 37.1 Å². The molecule has 1 amide bonds. The van der Waals surface area contributed by atoms with Crippen LogP contribution in [-0.2, 0) is 11.2 Å². The fourth-order valence-electron chi connectivity index (χ4n) is 1.89. The second-order valence-electron chi connectivity index (χ2n) is 4.17.